The lowest BCUT2D eigenvalue weighted by Gasteiger charge is -2.42. The number of fused-ring (bicyclic) bond motifs is 1. The van der Waals surface area contributed by atoms with E-state index in [1.807, 2.05) is 54.7 Å². The van der Waals surface area contributed by atoms with Gasteiger partial charge in [0.2, 0.25) is 0 Å². The number of methoxy groups -OCH3 is 1. The average Bonchev–Trinajstić information content (AvgIpc) is 3.24. The minimum absolute atomic E-state index is 0.139. The maximum absolute atomic E-state index is 5.58. The molecule has 4 aromatic rings. The first-order valence-electron chi connectivity index (χ1n) is 10.00. The van der Waals surface area contributed by atoms with Crippen molar-refractivity contribution in [2.45, 2.75) is 18.5 Å². The van der Waals surface area contributed by atoms with E-state index in [0.717, 1.165) is 52.2 Å². The molecular formula is C24H23N3O3. The van der Waals surface area contributed by atoms with Crippen LogP contribution >= 0.6 is 0 Å². The van der Waals surface area contributed by atoms with Crippen LogP contribution in [0.2, 0.25) is 0 Å². The fourth-order valence-electron chi connectivity index (χ4n) is 3.75. The molecule has 30 heavy (non-hydrogen) atoms. The number of nitrogens with zero attached hydrogens (tertiary/aromatic N) is 2. The molecule has 0 amide bonds. The lowest BCUT2D eigenvalue weighted by molar-refractivity contribution is -0.0755. The van der Waals surface area contributed by atoms with E-state index >= 15 is 0 Å². The minimum atomic E-state index is -0.139. The molecule has 5 rings (SSSR count). The van der Waals surface area contributed by atoms with Gasteiger partial charge < -0.3 is 19.3 Å². The van der Waals surface area contributed by atoms with Gasteiger partial charge in [0, 0.05) is 36.2 Å². The van der Waals surface area contributed by atoms with E-state index in [2.05, 4.69) is 27.6 Å². The zero-order valence-corrected chi connectivity index (χ0v) is 16.8. The van der Waals surface area contributed by atoms with Crippen LogP contribution in [0.1, 0.15) is 11.3 Å². The number of nitrogens with one attached hydrogen (secondary N) is 1. The van der Waals surface area contributed by atoms with E-state index in [1.54, 1.807) is 7.11 Å². The Labute approximate surface area is 174 Å². The highest BCUT2D eigenvalue weighted by Crippen LogP contribution is 2.27. The molecule has 6 heteroatoms. The highest BCUT2D eigenvalue weighted by atomic mass is 16.5. The summed E-state index contributed by atoms with van der Waals surface area (Å²) >= 11 is 0. The molecule has 1 saturated heterocycles. The van der Waals surface area contributed by atoms with Crippen LogP contribution in [0.4, 0.5) is 0 Å². The number of pyridine rings is 1. The first-order valence-corrected chi connectivity index (χ1v) is 10.00. The second kappa shape index (κ2) is 7.89. The van der Waals surface area contributed by atoms with Crippen molar-refractivity contribution in [1.82, 2.24) is 15.5 Å². The Morgan fingerprint density at radius 1 is 1.07 bits per heavy atom. The van der Waals surface area contributed by atoms with Crippen molar-refractivity contribution in [1.29, 1.82) is 0 Å². The number of ether oxygens (including phenoxy) is 2. The molecule has 1 N–H and O–H groups in total. The van der Waals surface area contributed by atoms with Gasteiger partial charge in [-0.2, -0.15) is 0 Å². The highest BCUT2D eigenvalue weighted by molar-refractivity contribution is 5.78. The van der Waals surface area contributed by atoms with Crippen LogP contribution < -0.4 is 10.1 Å². The summed E-state index contributed by atoms with van der Waals surface area (Å²) in [6.45, 7) is 2.03. The van der Waals surface area contributed by atoms with Gasteiger partial charge in [-0.15, -0.1) is 0 Å². The predicted octanol–water partition coefficient (Wildman–Crippen LogP) is 4.00. The monoisotopic (exact) mass is 401 g/mol. The van der Waals surface area contributed by atoms with Crippen molar-refractivity contribution in [3.63, 3.8) is 0 Å². The summed E-state index contributed by atoms with van der Waals surface area (Å²) in [5.74, 6) is 1.57. The molecule has 6 nitrogen and oxygen atoms in total. The summed E-state index contributed by atoms with van der Waals surface area (Å²) in [7, 11) is 1.66. The second-order valence-electron chi connectivity index (χ2n) is 7.75. The summed E-state index contributed by atoms with van der Waals surface area (Å²) in [6, 6.07) is 20.1. The molecule has 3 heterocycles. The molecule has 0 bridgehead atoms. The van der Waals surface area contributed by atoms with Crippen LogP contribution in [-0.2, 0) is 17.7 Å². The lowest BCUT2D eigenvalue weighted by Crippen LogP contribution is -2.61. The second-order valence-corrected chi connectivity index (χ2v) is 7.75. The number of benzene rings is 2. The maximum atomic E-state index is 5.58. The number of hydrogen-bond acceptors (Lipinski definition) is 6. The van der Waals surface area contributed by atoms with Crippen molar-refractivity contribution in [3.8, 4) is 17.1 Å². The quantitative estimate of drug-likeness (QED) is 0.505. The van der Waals surface area contributed by atoms with Gasteiger partial charge in [-0.25, -0.2) is 0 Å². The van der Waals surface area contributed by atoms with Gasteiger partial charge in [0.15, 0.2) is 5.76 Å². The van der Waals surface area contributed by atoms with Gasteiger partial charge >= 0.3 is 0 Å². The third-order valence-corrected chi connectivity index (χ3v) is 5.52. The molecule has 152 valence electrons. The van der Waals surface area contributed by atoms with Gasteiger partial charge in [0.05, 0.1) is 37.1 Å². The Balaban J connectivity index is 1.27. The predicted molar refractivity (Wildman–Crippen MR) is 114 cm³/mol. The standard InChI is InChI=1S/C24H23N3O3/c1-28-21-8-6-18(7-9-21)23-11-20(27-30-23)12-24(15-29-16-24)26-14-17-10-19-4-2-3-5-22(19)25-13-17/h2-11,13,26H,12,14-16H2,1H3. The van der Waals surface area contributed by atoms with Crippen LogP contribution in [0.3, 0.4) is 0 Å². The molecule has 0 aliphatic carbocycles. The molecule has 0 radical (unpaired) electrons. The zero-order valence-electron chi connectivity index (χ0n) is 16.8. The fraction of sp³-hybridized carbons (Fsp3) is 0.250. The van der Waals surface area contributed by atoms with Gasteiger partial charge in [0.25, 0.3) is 0 Å². The molecule has 0 saturated carbocycles. The Morgan fingerprint density at radius 3 is 2.67 bits per heavy atom. The van der Waals surface area contributed by atoms with E-state index in [9.17, 15) is 0 Å². The maximum Gasteiger partial charge on any atom is 0.167 e. The molecule has 2 aromatic heterocycles. The number of aromatic nitrogens is 2. The smallest absolute Gasteiger partial charge is 0.167 e. The molecule has 0 spiro atoms. The highest BCUT2D eigenvalue weighted by Gasteiger charge is 2.39. The van der Waals surface area contributed by atoms with Gasteiger partial charge in [-0.05, 0) is 42.0 Å². The van der Waals surface area contributed by atoms with Crippen LogP contribution in [-0.4, -0.2) is 36.0 Å². The molecule has 1 aliphatic heterocycles. The molecular weight excluding hydrogens is 378 g/mol. The fourth-order valence-corrected chi connectivity index (χ4v) is 3.75. The van der Waals surface area contributed by atoms with Crippen molar-refractivity contribution >= 4 is 10.9 Å². The number of rotatable bonds is 7. The third-order valence-electron chi connectivity index (χ3n) is 5.52. The lowest BCUT2D eigenvalue weighted by atomic mass is 9.90. The Hall–Kier alpha value is -3.22. The molecule has 1 aliphatic rings. The summed E-state index contributed by atoms with van der Waals surface area (Å²) < 4.78 is 16.3. The van der Waals surface area contributed by atoms with Crippen molar-refractivity contribution in [2.75, 3.05) is 20.3 Å². The van der Waals surface area contributed by atoms with E-state index in [0.29, 0.717) is 13.2 Å². The molecule has 0 unspecified atom stereocenters. The Bertz CT molecular complexity index is 1150. The Morgan fingerprint density at radius 2 is 1.90 bits per heavy atom. The van der Waals surface area contributed by atoms with Crippen LogP contribution in [0.15, 0.2) is 71.4 Å². The number of para-hydroxylation sites is 1. The van der Waals surface area contributed by atoms with Gasteiger partial charge in [0.1, 0.15) is 5.75 Å². The first-order chi connectivity index (χ1) is 14.7. The third kappa shape index (κ3) is 3.79. The summed E-state index contributed by atoms with van der Waals surface area (Å²) in [5.41, 5.74) is 3.91. The van der Waals surface area contributed by atoms with Crippen LogP contribution in [0, 0.1) is 0 Å². The molecule has 1 fully saturated rings. The molecule has 0 atom stereocenters. The summed E-state index contributed by atoms with van der Waals surface area (Å²) in [4.78, 5) is 4.55. The largest absolute Gasteiger partial charge is 0.497 e. The zero-order chi connectivity index (χ0) is 20.4. The van der Waals surface area contributed by atoms with Crippen molar-refractivity contribution < 1.29 is 14.0 Å². The summed E-state index contributed by atoms with van der Waals surface area (Å²) in [5, 5.41) is 9.10. The van der Waals surface area contributed by atoms with E-state index in [4.69, 9.17) is 14.0 Å². The van der Waals surface area contributed by atoms with Crippen LogP contribution in [0.25, 0.3) is 22.2 Å². The average molecular weight is 401 g/mol. The number of hydrogen-bond donors (Lipinski definition) is 1. The van der Waals surface area contributed by atoms with Crippen molar-refractivity contribution in [3.05, 3.63) is 78.1 Å². The topological polar surface area (TPSA) is 69.4 Å². The van der Waals surface area contributed by atoms with Gasteiger partial charge in [-0.3, -0.25) is 4.98 Å². The van der Waals surface area contributed by atoms with Crippen LogP contribution in [0.5, 0.6) is 5.75 Å². The molecule has 2 aromatic carbocycles. The van der Waals surface area contributed by atoms with Crippen molar-refractivity contribution in [2.24, 2.45) is 0 Å². The Kier molecular flexibility index (Phi) is 4.94. The van der Waals surface area contributed by atoms with E-state index in [-0.39, 0.29) is 5.54 Å². The van der Waals surface area contributed by atoms with E-state index in [1.165, 1.54) is 0 Å². The minimum Gasteiger partial charge on any atom is -0.497 e. The normalized spacial score (nSPS) is 15.1. The summed E-state index contributed by atoms with van der Waals surface area (Å²) in [6.07, 6.45) is 2.67. The van der Waals surface area contributed by atoms with E-state index < -0.39 is 0 Å². The van der Waals surface area contributed by atoms with Gasteiger partial charge in [-0.1, -0.05) is 23.4 Å². The first kappa shape index (κ1) is 18.8. The SMILES string of the molecule is COc1ccc(-c2cc(CC3(NCc4cnc5ccccc5c4)COC3)no2)cc1.